The Balaban J connectivity index is 2.77. The van der Waals surface area contributed by atoms with Gasteiger partial charge in [0.05, 0.1) is 5.56 Å². The molecule has 6 heteroatoms. The fourth-order valence-electron chi connectivity index (χ4n) is 2.79. The predicted molar refractivity (Wildman–Crippen MR) is 74.9 cm³/mol. The fraction of sp³-hybridized carbons (Fsp3) is 0.400. The molecule has 0 saturated carbocycles. The summed E-state index contributed by atoms with van der Waals surface area (Å²) in [5.74, 6) is -0.841. The van der Waals surface area contributed by atoms with E-state index in [4.69, 9.17) is 5.73 Å². The number of rotatable bonds is 2. The molecule has 1 aliphatic heterocycles. The number of nitrogens with two attached hydrogens (primary N) is 1. The van der Waals surface area contributed by atoms with Gasteiger partial charge in [-0.25, -0.2) is 0 Å². The van der Waals surface area contributed by atoms with Gasteiger partial charge in [-0.05, 0) is 55.1 Å². The maximum atomic E-state index is 13.5. The highest BCUT2D eigenvalue weighted by Crippen LogP contribution is 2.41. The van der Waals surface area contributed by atoms with Crippen molar-refractivity contribution in [3.63, 3.8) is 0 Å². The van der Waals surface area contributed by atoms with Crippen molar-refractivity contribution in [2.75, 3.05) is 13.1 Å². The van der Waals surface area contributed by atoms with E-state index < -0.39 is 17.6 Å². The van der Waals surface area contributed by atoms with Gasteiger partial charge >= 0.3 is 6.18 Å². The molecular weight excluding hydrogens is 281 g/mol. The zero-order chi connectivity index (χ0) is 15.8. The van der Waals surface area contributed by atoms with Gasteiger partial charge in [0.2, 0.25) is 5.91 Å². The van der Waals surface area contributed by atoms with E-state index in [0.717, 1.165) is 0 Å². The lowest BCUT2D eigenvalue weighted by atomic mass is 9.86. The third-order valence-corrected chi connectivity index (χ3v) is 3.72. The van der Waals surface area contributed by atoms with Crippen LogP contribution >= 0.6 is 0 Å². The quantitative estimate of drug-likeness (QED) is 0.882. The molecule has 2 rings (SSSR count). The van der Waals surface area contributed by atoms with Crippen LogP contribution < -0.4 is 11.1 Å². The Morgan fingerprint density at radius 2 is 2.00 bits per heavy atom. The molecule has 0 aliphatic carbocycles. The topological polar surface area (TPSA) is 55.1 Å². The van der Waals surface area contributed by atoms with Gasteiger partial charge in [0.1, 0.15) is 0 Å². The molecule has 0 spiro atoms. The van der Waals surface area contributed by atoms with Crippen LogP contribution in [0.2, 0.25) is 0 Å². The molecule has 0 saturated heterocycles. The molecule has 21 heavy (non-hydrogen) atoms. The van der Waals surface area contributed by atoms with Crippen LogP contribution in [-0.2, 0) is 6.18 Å². The Labute approximate surface area is 121 Å². The number of aryl methyl sites for hydroxylation is 1. The SMILES string of the molecule is Cc1cc(C(N)=O)c(C)c(C(F)(F)F)c1C1=CCNCC1. The van der Waals surface area contributed by atoms with E-state index in [2.05, 4.69) is 5.32 Å². The Hall–Kier alpha value is -1.82. The minimum absolute atomic E-state index is 0.0712. The van der Waals surface area contributed by atoms with Gasteiger partial charge < -0.3 is 11.1 Å². The highest BCUT2D eigenvalue weighted by molar-refractivity contribution is 5.96. The largest absolute Gasteiger partial charge is 0.417 e. The summed E-state index contributed by atoms with van der Waals surface area (Å²) in [4.78, 5) is 11.4. The van der Waals surface area contributed by atoms with Crippen LogP contribution in [0.1, 0.15) is 39.0 Å². The van der Waals surface area contributed by atoms with Crippen LogP contribution in [0.5, 0.6) is 0 Å². The second-order valence-corrected chi connectivity index (χ2v) is 5.16. The molecule has 0 fully saturated rings. The van der Waals surface area contributed by atoms with Gasteiger partial charge in [0.25, 0.3) is 0 Å². The van der Waals surface area contributed by atoms with Crippen molar-refractivity contribution >= 4 is 11.5 Å². The van der Waals surface area contributed by atoms with Crippen LogP contribution in [0, 0.1) is 13.8 Å². The van der Waals surface area contributed by atoms with Gasteiger partial charge in [-0.3, -0.25) is 4.79 Å². The molecule has 0 aromatic heterocycles. The predicted octanol–water partition coefficient (Wildman–Crippen LogP) is 2.80. The number of amides is 1. The lowest BCUT2D eigenvalue weighted by Gasteiger charge is -2.24. The van der Waals surface area contributed by atoms with Crippen molar-refractivity contribution < 1.29 is 18.0 Å². The number of primary amides is 1. The molecule has 0 atom stereocenters. The van der Waals surface area contributed by atoms with Crippen LogP contribution in [0.25, 0.3) is 5.57 Å². The molecule has 0 unspecified atom stereocenters. The minimum Gasteiger partial charge on any atom is -0.366 e. The van der Waals surface area contributed by atoms with Gasteiger partial charge in [-0.1, -0.05) is 6.08 Å². The summed E-state index contributed by atoms with van der Waals surface area (Å²) in [7, 11) is 0. The van der Waals surface area contributed by atoms with E-state index in [-0.39, 0.29) is 16.7 Å². The molecule has 114 valence electrons. The number of benzene rings is 1. The van der Waals surface area contributed by atoms with Crippen LogP contribution in [0.4, 0.5) is 13.2 Å². The lowest BCUT2D eigenvalue weighted by molar-refractivity contribution is -0.138. The van der Waals surface area contributed by atoms with Gasteiger partial charge in [0, 0.05) is 12.1 Å². The van der Waals surface area contributed by atoms with Crippen molar-refractivity contribution in [3.05, 3.63) is 40.0 Å². The molecule has 1 aromatic rings. The number of carbonyl (C=O) groups excluding carboxylic acids is 1. The van der Waals surface area contributed by atoms with Crippen LogP contribution in [0.15, 0.2) is 12.1 Å². The Kier molecular flexibility index (Phi) is 4.09. The maximum absolute atomic E-state index is 13.5. The van der Waals surface area contributed by atoms with E-state index >= 15 is 0 Å². The first-order valence-corrected chi connectivity index (χ1v) is 6.64. The summed E-state index contributed by atoms with van der Waals surface area (Å²) in [6.45, 7) is 4.06. The van der Waals surface area contributed by atoms with Crippen molar-refractivity contribution in [1.29, 1.82) is 0 Å². The second-order valence-electron chi connectivity index (χ2n) is 5.16. The summed E-state index contributed by atoms with van der Waals surface area (Å²) in [6.07, 6.45) is -2.23. The van der Waals surface area contributed by atoms with Crippen molar-refractivity contribution in [3.8, 4) is 0 Å². The number of halogens is 3. The van der Waals surface area contributed by atoms with E-state index in [1.54, 1.807) is 13.0 Å². The first-order valence-electron chi connectivity index (χ1n) is 6.64. The number of hydrogen-bond donors (Lipinski definition) is 2. The minimum atomic E-state index is -4.53. The zero-order valence-electron chi connectivity index (χ0n) is 11.9. The molecule has 1 aromatic carbocycles. The van der Waals surface area contributed by atoms with Crippen LogP contribution in [-0.4, -0.2) is 19.0 Å². The lowest BCUT2D eigenvalue weighted by Crippen LogP contribution is -2.23. The highest BCUT2D eigenvalue weighted by Gasteiger charge is 2.38. The van der Waals surface area contributed by atoms with Crippen molar-refractivity contribution in [1.82, 2.24) is 5.32 Å². The molecule has 0 bridgehead atoms. The van der Waals surface area contributed by atoms with Crippen LogP contribution in [0.3, 0.4) is 0 Å². The van der Waals surface area contributed by atoms with Gasteiger partial charge in [0.15, 0.2) is 0 Å². The molecule has 1 heterocycles. The third kappa shape index (κ3) is 2.95. The number of carbonyl (C=O) groups is 1. The average Bonchev–Trinajstić information content (AvgIpc) is 2.39. The summed E-state index contributed by atoms with van der Waals surface area (Å²) >= 11 is 0. The number of nitrogens with one attached hydrogen (secondary N) is 1. The standard InChI is InChI=1S/C15H17F3N2O/c1-8-7-11(14(19)21)9(2)13(15(16,17)18)12(8)10-3-5-20-6-4-10/h3,7,20H,4-6H2,1-2H3,(H2,19,21). The average molecular weight is 298 g/mol. The number of alkyl halides is 3. The molecular formula is C15H17F3N2O. The summed E-state index contributed by atoms with van der Waals surface area (Å²) in [6, 6.07) is 1.45. The molecule has 0 radical (unpaired) electrons. The van der Waals surface area contributed by atoms with E-state index in [9.17, 15) is 18.0 Å². The Bertz CT molecular complexity index is 618. The van der Waals surface area contributed by atoms with Crippen molar-refractivity contribution in [2.24, 2.45) is 5.73 Å². The zero-order valence-corrected chi connectivity index (χ0v) is 11.9. The molecule has 3 nitrogen and oxygen atoms in total. The Morgan fingerprint density at radius 3 is 2.48 bits per heavy atom. The smallest absolute Gasteiger partial charge is 0.366 e. The Morgan fingerprint density at radius 1 is 1.33 bits per heavy atom. The summed E-state index contributed by atoms with van der Waals surface area (Å²) < 4.78 is 40.5. The second kappa shape index (κ2) is 5.52. The molecule has 3 N–H and O–H groups in total. The summed E-state index contributed by atoms with van der Waals surface area (Å²) in [5.41, 5.74) is 5.55. The van der Waals surface area contributed by atoms with E-state index in [1.807, 2.05) is 0 Å². The molecule has 1 amide bonds. The molecule has 1 aliphatic rings. The first kappa shape index (κ1) is 15.6. The van der Waals surface area contributed by atoms with Crippen molar-refractivity contribution in [2.45, 2.75) is 26.4 Å². The third-order valence-electron chi connectivity index (χ3n) is 3.72. The fourth-order valence-corrected chi connectivity index (χ4v) is 2.79. The number of hydrogen-bond acceptors (Lipinski definition) is 2. The summed E-state index contributed by atoms with van der Waals surface area (Å²) in [5, 5.41) is 3.07. The first-order chi connectivity index (χ1) is 9.73. The maximum Gasteiger partial charge on any atom is 0.417 e. The van der Waals surface area contributed by atoms with Gasteiger partial charge in [-0.15, -0.1) is 0 Å². The monoisotopic (exact) mass is 298 g/mol. The van der Waals surface area contributed by atoms with E-state index in [1.165, 1.54) is 13.0 Å². The van der Waals surface area contributed by atoms with Gasteiger partial charge in [-0.2, -0.15) is 13.2 Å². The normalized spacial score (nSPS) is 15.8. The highest BCUT2D eigenvalue weighted by atomic mass is 19.4. The van der Waals surface area contributed by atoms with E-state index in [0.29, 0.717) is 30.6 Å².